The highest BCUT2D eigenvalue weighted by Gasteiger charge is 2.28. The van der Waals surface area contributed by atoms with Crippen LogP contribution in [-0.2, 0) is 9.53 Å². The number of methoxy groups -OCH3 is 1. The number of carbonyl (C=O) groups is 2. The number of hydrogen-bond donors (Lipinski definition) is 0. The van der Waals surface area contributed by atoms with E-state index < -0.39 is 17.7 Å². The number of ether oxygens (including phenoxy) is 1. The summed E-state index contributed by atoms with van der Waals surface area (Å²) in [6.07, 6.45) is 0. The van der Waals surface area contributed by atoms with Crippen molar-refractivity contribution in [2.45, 2.75) is 0 Å². The third-order valence-electron chi connectivity index (χ3n) is 1.96. The summed E-state index contributed by atoms with van der Waals surface area (Å²) in [5.74, 6) is -2.88. The molecular weight excluding hydrogens is 230 g/mol. The average Bonchev–Trinajstić information content (AvgIpc) is 2.30. The molecule has 1 rings (SSSR count). The Morgan fingerprint density at radius 1 is 1.38 bits per heavy atom. The average molecular weight is 238 g/mol. The Morgan fingerprint density at radius 2 is 1.94 bits per heavy atom. The highest BCUT2D eigenvalue weighted by molar-refractivity contribution is 6.30. The lowest BCUT2D eigenvalue weighted by Gasteiger charge is -2.05. The van der Waals surface area contributed by atoms with E-state index in [2.05, 4.69) is 4.74 Å². The minimum Gasteiger partial charge on any atom is -0.468 e. The molecule has 0 aliphatic heterocycles. The molecule has 0 aliphatic rings. The number of nitrogens with zero attached hydrogens (tertiary/aromatic N) is 1. The fraction of sp³-hybridized carbons (Fsp3) is 0.182. The van der Waals surface area contributed by atoms with Crippen molar-refractivity contribution in [2.24, 2.45) is 5.92 Å². The van der Waals surface area contributed by atoms with Crippen molar-refractivity contribution in [3.8, 4) is 6.07 Å². The maximum atomic E-state index is 11.7. The summed E-state index contributed by atoms with van der Waals surface area (Å²) in [5.41, 5.74) is 0.251. The number of esters is 1. The van der Waals surface area contributed by atoms with Gasteiger partial charge in [0.05, 0.1) is 13.2 Å². The first-order chi connectivity index (χ1) is 7.60. The molecule has 0 amide bonds. The van der Waals surface area contributed by atoms with Gasteiger partial charge in [0, 0.05) is 10.6 Å². The van der Waals surface area contributed by atoms with E-state index in [0.717, 1.165) is 7.11 Å². The summed E-state index contributed by atoms with van der Waals surface area (Å²) >= 11 is 5.65. The molecule has 0 saturated carbocycles. The number of carbonyl (C=O) groups excluding carboxylic acids is 2. The van der Waals surface area contributed by atoms with Crippen molar-refractivity contribution in [3.05, 3.63) is 34.9 Å². The van der Waals surface area contributed by atoms with Gasteiger partial charge in [0.1, 0.15) is 0 Å². The Hall–Kier alpha value is -1.86. The molecule has 0 radical (unpaired) electrons. The van der Waals surface area contributed by atoms with Gasteiger partial charge in [0.25, 0.3) is 0 Å². The fourth-order valence-electron chi connectivity index (χ4n) is 1.12. The maximum Gasteiger partial charge on any atom is 0.331 e. The van der Waals surface area contributed by atoms with Crippen molar-refractivity contribution < 1.29 is 14.3 Å². The van der Waals surface area contributed by atoms with E-state index in [1.54, 1.807) is 6.07 Å². The molecule has 0 N–H and O–H groups in total. The number of Topliss-reactive ketones (excluding diaryl/α,β-unsaturated/α-hetero) is 1. The van der Waals surface area contributed by atoms with Crippen molar-refractivity contribution in [3.63, 3.8) is 0 Å². The van der Waals surface area contributed by atoms with Crippen LogP contribution in [0.15, 0.2) is 24.3 Å². The van der Waals surface area contributed by atoms with Gasteiger partial charge in [-0.15, -0.1) is 0 Å². The predicted molar refractivity (Wildman–Crippen MR) is 56.9 cm³/mol. The van der Waals surface area contributed by atoms with E-state index in [1.807, 2.05) is 0 Å². The SMILES string of the molecule is COC(=O)C(C#N)C(=O)c1ccc(Cl)cc1. The normalized spacial score (nSPS) is 11.3. The van der Waals surface area contributed by atoms with Crippen LogP contribution >= 0.6 is 11.6 Å². The van der Waals surface area contributed by atoms with Crippen LogP contribution in [0.3, 0.4) is 0 Å². The van der Waals surface area contributed by atoms with Gasteiger partial charge in [-0.05, 0) is 24.3 Å². The van der Waals surface area contributed by atoms with Crippen LogP contribution in [0.25, 0.3) is 0 Å². The quantitative estimate of drug-likeness (QED) is 0.457. The van der Waals surface area contributed by atoms with Gasteiger partial charge in [-0.25, -0.2) is 0 Å². The van der Waals surface area contributed by atoms with E-state index in [0.29, 0.717) is 5.02 Å². The van der Waals surface area contributed by atoms with Gasteiger partial charge in [-0.3, -0.25) is 9.59 Å². The van der Waals surface area contributed by atoms with Crippen LogP contribution in [-0.4, -0.2) is 18.9 Å². The van der Waals surface area contributed by atoms with Crippen molar-refractivity contribution >= 4 is 23.4 Å². The maximum absolute atomic E-state index is 11.7. The van der Waals surface area contributed by atoms with E-state index in [1.165, 1.54) is 24.3 Å². The monoisotopic (exact) mass is 237 g/mol. The fourth-order valence-corrected chi connectivity index (χ4v) is 1.24. The highest BCUT2D eigenvalue weighted by Crippen LogP contribution is 2.14. The van der Waals surface area contributed by atoms with Gasteiger partial charge >= 0.3 is 5.97 Å². The Labute approximate surface area is 97.4 Å². The number of nitriles is 1. The van der Waals surface area contributed by atoms with E-state index in [9.17, 15) is 9.59 Å². The second-order valence-electron chi connectivity index (χ2n) is 2.96. The van der Waals surface area contributed by atoms with Crippen LogP contribution in [0.1, 0.15) is 10.4 Å². The number of ketones is 1. The highest BCUT2D eigenvalue weighted by atomic mass is 35.5. The summed E-state index contributed by atoms with van der Waals surface area (Å²) in [6.45, 7) is 0. The van der Waals surface area contributed by atoms with Gasteiger partial charge in [-0.1, -0.05) is 11.6 Å². The third kappa shape index (κ3) is 2.59. The summed E-state index contributed by atoms with van der Waals surface area (Å²) in [6, 6.07) is 7.55. The molecule has 0 aliphatic carbocycles. The number of hydrogen-bond acceptors (Lipinski definition) is 4. The molecular formula is C11H8ClNO3. The summed E-state index contributed by atoms with van der Waals surface area (Å²) in [7, 11) is 1.13. The van der Waals surface area contributed by atoms with Crippen LogP contribution < -0.4 is 0 Å². The van der Waals surface area contributed by atoms with Crippen molar-refractivity contribution in [2.75, 3.05) is 7.11 Å². The molecule has 1 unspecified atom stereocenters. The zero-order valence-corrected chi connectivity index (χ0v) is 9.19. The minimum absolute atomic E-state index is 0.251. The first-order valence-electron chi connectivity index (χ1n) is 4.37. The van der Waals surface area contributed by atoms with Crippen LogP contribution in [0.5, 0.6) is 0 Å². The molecule has 0 saturated heterocycles. The standard InChI is InChI=1S/C11H8ClNO3/c1-16-11(15)9(6-13)10(14)7-2-4-8(12)5-3-7/h2-5,9H,1H3. The van der Waals surface area contributed by atoms with Crippen LogP contribution in [0.2, 0.25) is 5.02 Å². The number of rotatable bonds is 3. The van der Waals surface area contributed by atoms with Gasteiger partial charge in [0.15, 0.2) is 5.78 Å². The Balaban J connectivity index is 2.97. The molecule has 0 spiro atoms. The van der Waals surface area contributed by atoms with Gasteiger partial charge in [-0.2, -0.15) is 5.26 Å². The smallest absolute Gasteiger partial charge is 0.331 e. The zero-order valence-electron chi connectivity index (χ0n) is 8.44. The van der Waals surface area contributed by atoms with E-state index in [4.69, 9.17) is 16.9 Å². The summed E-state index contributed by atoms with van der Waals surface area (Å²) < 4.78 is 4.36. The first kappa shape index (κ1) is 12.2. The molecule has 5 heteroatoms. The Morgan fingerprint density at radius 3 is 2.38 bits per heavy atom. The topological polar surface area (TPSA) is 67.2 Å². The first-order valence-corrected chi connectivity index (χ1v) is 4.75. The lowest BCUT2D eigenvalue weighted by molar-refractivity contribution is -0.141. The number of benzene rings is 1. The van der Waals surface area contributed by atoms with Crippen molar-refractivity contribution in [1.29, 1.82) is 5.26 Å². The number of halogens is 1. The second-order valence-corrected chi connectivity index (χ2v) is 3.39. The molecule has 1 atom stereocenters. The zero-order chi connectivity index (χ0) is 12.1. The largest absolute Gasteiger partial charge is 0.468 e. The molecule has 0 heterocycles. The van der Waals surface area contributed by atoms with Crippen LogP contribution in [0, 0.1) is 17.2 Å². The lowest BCUT2D eigenvalue weighted by Crippen LogP contribution is -2.23. The molecule has 1 aromatic carbocycles. The Kier molecular flexibility index (Phi) is 4.03. The summed E-state index contributed by atoms with van der Waals surface area (Å²) in [4.78, 5) is 22.9. The van der Waals surface area contributed by atoms with Crippen LogP contribution in [0.4, 0.5) is 0 Å². The molecule has 1 aromatic rings. The third-order valence-corrected chi connectivity index (χ3v) is 2.21. The molecule has 0 fully saturated rings. The van der Waals surface area contributed by atoms with Gasteiger partial charge < -0.3 is 4.74 Å². The predicted octanol–water partition coefficient (Wildman–Crippen LogP) is 1.84. The molecule has 0 aromatic heterocycles. The lowest BCUT2D eigenvalue weighted by atomic mass is 9.99. The second kappa shape index (κ2) is 5.29. The van der Waals surface area contributed by atoms with Crippen molar-refractivity contribution in [1.82, 2.24) is 0 Å². The molecule has 0 bridgehead atoms. The summed E-state index contributed by atoms with van der Waals surface area (Å²) in [5, 5.41) is 9.19. The minimum atomic E-state index is -1.42. The molecule has 82 valence electrons. The van der Waals surface area contributed by atoms with Gasteiger partial charge in [0.2, 0.25) is 5.92 Å². The Bertz CT molecular complexity index is 447. The molecule has 4 nitrogen and oxygen atoms in total. The molecule has 16 heavy (non-hydrogen) atoms. The van der Waals surface area contributed by atoms with E-state index >= 15 is 0 Å². The van der Waals surface area contributed by atoms with E-state index in [-0.39, 0.29) is 5.56 Å².